The summed E-state index contributed by atoms with van der Waals surface area (Å²) in [7, 11) is 2.05. The largest absolute Gasteiger partial charge is 0.357 e. The molecule has 0 atom stereocenters. The van der Waals surface area contributed by atoms with Crippen LogP contribution in [0.5, 0.6) is 0 Å². The summed E-state index contributed by atoms with van der Waals surface area (Å²) in [5, 5.41) is 3.35. The number of guanidine groups is 1. The molecule has 154 valence electrons. The lowest BCUT2D eigenvalue weighted by molar-refractivity contribution is 0.475. The number of rotatable bonds is 8. The van der Waals surface area contributed by atoms with Crippen molar-refractivity contribution in [2.75, 3.05) is 20.1 Å². The Morgan fingerprint density at radius 2 is 1.89 bits per heavy atom. The number of aromatic nitrogens is 1. The number of halogens is 2. The zero-order chi connectivity index (χ0) is 19.6. The zero-order valence-electron chi connectivity index (χ0n) is 16.8. The molecule has 1 aromatic heterocycles. The van der Waals surface area contributed by atoms with Gasteiger partial charge in [-0.25, -0.2) is 0 Å². The highest BCUT2D eigenvalue weighted by molar-refractivity contribution is 14.0. The second-order valence-corrected chi connectivity index (χ2v) is 7.50. The highest BCUT2D eigenvalue weighted by Gasteiger charge is 2.06. The Bertz CT molecular complexity index is 805. The van der Waals surface area contributed by atoms with Crippen molar-refractivity contribution in [1.82, 2.24) is 14.8 Å². The Morgan fingerprint density at radius 3 is 2.54 bits per heavy atom. The Kier molecular flexibility index (Phi) is 11.4. The molecule has 0 unspecified atom stereocenters. The van der Waals surface area contributed by atoms with Crippen molar-refractivity contribution in [3.05, 3.63) is 68.5 Å². The minimum atomic E-state index is 0. The van der Waals surface area contributed by atoms with Crippen LogP contribution in [0.15, 0.2) is 56.7 Å². The maximum absolute atomic E-state index is 11.9. The highest BCUT2D eigenvalue weighted by atomic mass is 127. The van der Waals surface area contributed by atoms with E-state index in [4.69, 9.17) is 4.99 Å². The van der Waals surface area contributed by atoms with Crippen molar-refractivity contribution in [1.29, 1.82) is 0 Å². The fourth-order valence-corrected chi connectivity index (χ4v) is 3.15. The molecular weight excluding hydrogens is 531 g/mol. The molecule has 1 heterocycles. The number of nitrogens with one attached hydrogen (secondary N) is 1. The molecule has 28 heavy (non-hydrogen) atoms. The number of unbranched alkanes of at least 4 members (excludes halogenated alkanes) is 1. The third-order valence-electron chi connectivity index (χ3n) is 4.35. The van der Waals surface area contributed by atoms with Gasteiger partial charge in [0.2, 0.25) is 0 Å². The molecule has 0 bridgehead atoms. The monoisotopic (exact) mass is 560 g/mol. The summed E-state index contributed by atoms with van der Waals surface area (Å²) < 4.78 is 2.91. The molecule has 0 spiro atoms. The fraction of sp³-hybridized carbons (Fsp3) is 0.429. The van der Waals surface area contributed by atoms with E-state index in [9.17, 15) is 4.79 Å². The minimum absolute atomic E-state index is 0. The maximum atomic E-state index is 11.9. The summed E-state index contributed by atoms with van der Waals surface area (Å²) in [6.45, 7) is 7.17. The fourth-order valence-electron chi connectivity index (χ4n) is 2.88. The lowest BCUT2D eigenvalue weighted by atomic mass is 10.2. The van der Waals surface area contributed by atoms with Crippen LogP contribution in [0.3, 0.4) is 0 Å². The van der Waals surface area contributed by atoms with Gasteiger partial charge >= 0.3 is 0 Å². The van der Waals surface area contributed by atoms with Crippen molar-refractivity contribution in [3.8, 4) is 0 Å². The molecular formula is C21H30BrIN4O. The van der Waals surface area contributed by atoms with Crippen LogP contribution in [-0.2, 0) is 13.1 Å². The summed E-state index contributed by atoms with van der Waals surface area (Å²) in [4.78, 5) is 18.8. The predicted octanol–water partition coefficient (Wildman–Crippen LogP) is 4.41. The topological polar surface area (TPSA) is 49.6 Å². The Balaban J connectivity index is 0.00000392. The molecule has 0 aliphatic heterocycles. The average Bonchev–Trinajstić information content (AvgIpc) is 2.64. The molecule has 0 saturated carbocycles. The van der Waals surface area contributed by atoms with E-state index < -0.39 is 0 Å². The van der Waals surface area contributed by atoms with E-state index in [-0.39, 0.29) is 29.5 Å². The van der Waals surface area contributed by atoms with E-state index in [0.717, 1.165) is 55.1 Å². The van der Waals surface area contributed by atoms with Crippen LogP contribution in [0.1, 0.15) is 31.0 Å². The molecule has 7 heteroatoms. The molecule has 5 nitrogen and oxygen atoms in total. The lowest BCUT2D eigenvalue weighted by Gasteiger charge is -2.22. The van der Waals surface area contributed by atoms with Gasteiger partial charge in [-0.05, 0) is 50.5 Å². The normalized spacial score (nSPS) is 11.1. The second kappa shape index (κ2) is 13.0. The van der Waals surface area contributed by atoms with Gasteiger partial charge in [-0.15, -0.1) is 24.0 Å². The number of nitrogens with zero attached hydrogens (tertiary/aromatic N) is 3. The van der Waals surface area contributed by atoms with Crippen molar-refractivity contribution < 1.29 is 0 Å². The Hall–Kier alpha value is -1.35. The SMILES string of the molecule is CCNC(=NCCCCn1c(C)cccc1=O)N(C)Cc1ccc(Br)cc1.I. The van der Waals surface area contributed by atoms with E-state index in [1.165, 1.54) is 5.56 Å². The van der Waals surface area contributed by atoms with Gasteiger partial charge in [-0.1, -0.05) is 34.1 Å². The maximum Gasteiger partial charge on any atom is 0.250 e. The van der Waals surface area contributed by atoms with Crippen LogP contribution in [-0.4, -0.2) is 35.6 Å². The Morgan fingerprint density at radius 1 is 1.18 bits per heavy atom. The van der Waals surface area contributed by atoms with Gasteiger partial charge in [0.05, 0.1) is 0 Å². The van der Waals surface area contributed by atoms with Gasteiger partial charge in [0.25, 0.3) is 5.56 Å². The zero-order valence-corrected chi connectivity index (χ0v) is 20.7. The van der Waals surface area contributed by atoms with Gasteiger partial charge < -0.3 is 14.8 Å². The number of aryl methyl sites for hydroxylation is 1. The molecule has 0 aliphatic rings. The summed E-state index contributed by atoms with van der Waals surface area (Å²) in [5.41, 5.74) is 2.32. The molecule has 0 radical (unpaired) electrons. The summed E-state index contributed by atoms with van der Waals surface area (Å²) >= 11 is 3.47. The number of hydrogen-bond acceptors (Lipinski definition) is 2. The smallest absolute Gasteiger partial charge is 0.250 e. The van der Waals surface area contributed by atoms with E-state index in [1.54, 1.807) is 6.07 Å². The third-order valence-corrected chi connectivity index (χ3v) is 4.88. The van der Waals surface area contributed by atoms with Crippen molar-refractivity contribution in [3.63, 3.8) is 0 Å². The van der Waals surface area contributed by atoms with Gasteiger partial charge in [0, 0.05) is 49.5 Å². The number of hydrogen-bond donors (Lipinski definition) is 1. The van der Waals surface area contributed by atoms with E-state index >= 15 is 0 Å². The number of benzene rings is 1. The predicted molar refractivity (Wildman–Crippen MR) is 132 cm³/mol. The summed E-state index contributed by atoms with van der Waals surface area (Å²) in [6, 6.07) is 13.7. The van der Waals surface area contributed by atoms with Crippen LogP contribution in [0, 0.1) is 6.92 Å². The van der Waals surface area contributed by atoms with Crippen molar-refractivity contribution in [2.45, 2.75) is 39.8 Å². The number of pyridine rings is 1. The van der Waals surface area contributed by atoms with Crippen LogP contribution in [0.4, 0.5) is 0 Å². The first kappa shape index (κ1) is 24.7. The van der Waals surface area contributed by atoms with Gasteiger partial charge in [-0.2, -0.15) is 0 Å². The van der Waals surface area contributed by atoms with Gasteiger partial charge in [0.15, 0.2) is 5.96 Å². The summed E-state index contributed by atoms with van der Waals surface area (Å²) in [6.07, 6.45) is 1.88. The molecule has 0 aliphatic carbocycles. The van der Waals surface area contributed by atoms with Crippen molar-refractivity contribution >= 4 is 45.9 Å². The van der Waals surface area contributed by atoms with Crippen LogP contribution in [0.25, 0.3) is 0 Å². The van der Waals surface area contributed by atoms with Crippen LogP contribution in [0.2, 0.25) is 0 Å². The lowest BCUT2D eigenvalue weighted by Crippen LogP contribution is -2.38. The first-order chi connectivity index (χ1) is 13.0. The van der Waals surface area contributed by atoms with E-state index in [0.29, 0.717) is 0 Å². The minimum Gasteiger partial charge on any atom is -0.357 e. The molecule has 0 saturated heterocycles. The van der Waals surface area contributed by atoms with Crippen LogP contribution >= 0.6 is 39.9 Å². The molecule has 2 rings (SSSR count). The second-order valence-electron chi connectivity index (χ2n) is 6.58. The van der Waals surface area contributed by atoms with Crippen LogP contribution < -0.4 is 10.9 Å². The molecule has 1 aromatic carbocycles. The summed E-state index contributed by atoms with van der Waals surface area (Å²) in [5.74, 6) is 0.911. The molecule has 0 amide bonds. The first-order valence-electron chi connectivity index (χ1n) is 9.41. The van der Waals surface area contributed by atoms with Gasteiger partial charge in [0.1, 0.15) is 0 Å². The first-order valence-corrected chi connectivity index (χ1v) is 10.2. The molecule has 0 fully saturated rings. The van der Waals surface area contributed by atoms with Gasteiger partial charge in [-0.3, -0.25) is 9.79 Å². The van der Waals surface area contributed by atoms with Crippen molar-refractivity contribution in [2.24, 2.45) is 4.99 Å². The standard InChI is InChI=1S/C21H29BrN4O.HI/c1-4-23-21(25(3)16-18-10-12-19(22)13-11-18)24-14-5-6-15-26-17(2)8-7-9-20(26)27;/h7-13H,4-6,14-16H2,1-3H3,(H,23,24);1H. The molecule has 1 N–H and O–H groups in total. The quantitative estimate of drug-likeness (QED) is 0.225. The van der Waals surface area contributed by atoms with E-state index in [1.807, 2.05) is 23.6 Å². The molecule has 2 aromatic rings. The van der Waals surface area contributed by atoms with E-state index in [2.05, 4.69) is 64.4 Å². The Labute approximate surface area is 193 Å². The average molecular weight is 561 g/mol. The third kappa shape index (κ3) is 7.95. The highest BCUT2D eigenvalue weighted by Crippen LogP contribution is 2.12. The number of aliphatic imine (C=N–C) groups is 1.